The summed E-state index contributed by atoms with van der Waals surface area (Å²) in [4.78, 5) is 0. The van der Waals surface area contributed by atoms with Gasteiger partial charge in [0, 0.05) is 4.47 Å². The Bertz CT molecular complexity index is 482. The van der Waals surface area contributed by atoms with Crippen molar-refractivity contribution in [3.8, 4) is 0 Å². The van der Waals surface area contributed by atoms with Gasteiger partial charge in [0.05, 0.1) is 18.6 Å². The highest BCUT2D eigenvalue weighted by Gasteiger charge is 2.15. The van der Waals surface area contributed by atoms with E-state index < -0.39 is 0 Å². The highest BCUT2D eigenvalue weighted by molar-refractivity contribution is 9.10. The Morgan fingerprint density at radius 1 is 1.41 bits per heavy atom. The zero-order valence-electron chi connectivity index (χ0n) is 9.61. The topological polar surface area (TPSA) is 51.2 Å². The van der Waals surface area contributed by atoms with Gasteiger partial charge < -0.3 is 4.42 Å². The van der Waals surface area contributed by atoms with Gasteiger partial charge in [0.2, 0.25) is 0 Å². The number of rotatable bonds is 4. The molecule has 0 fully saturated rings. The molecule has 17 heavy (non-hydrogen) atoms. The highest BCUT2D eigenvalue weighted by atomic mass is 79.9. The Balaban J connectivity index is 2.26. The summed E-state index contributed by atoms with van der Waals surface area (Å²) in [6, 6.07) is 8.20. The van der Waals surface area contributed by atoms with Crippen molar-refractivity contribution in [2.75, 3.05) is 0 Å². The first-order valence-corrected chi connectivity index (χ1v) is 6.24. The fourth-order valence-electron chi connectivity index (χ4n) is 1.84. The van der Waals surface area contributed by atoms with Crippen LogP contribution in [0.1, 0.15) is 22.7 Å². The van der Waals surface area contributed by atoms with Gasteiger partial charge in [0.15, 0.2) is 0 Å². The van der Waals surface area contributed by atoms with Gasteiger partial charge >= 0.3 is 0 Å². The lowest BCUT2D eigenvalue weighted by atomic mass is 9.99. The quantitative estimate of drug-likeness (QED) is 0.673. The van der Waals surface area contributed by atoms with E-state index in [1.807, 2.05) is 12.1 Å². The van der Waals surface area contributed by atoms with Crippen LogP contribution in [0, 0.1) is 6.92 Å². The van der Waals surface area contributed by atoms with Crippen LogP contribution in [0.25, 0.3) is 0 Å². The molecule has 2 aromatic rings. The Kier molecular flexibility index (Phi) is 3.99. The van der Waals surface area contributed by atoms with E-state index in [1.165, 1.54) is 5.56 Å². The number of nitrogens with one attached hydrogen (secondary N) is 1. The summed E-state index contributed by atoms with van der Waals surface area (Å²) in [5.41, 5.74) is 6.34. The lowest BCUT2D eigenvalue weighted by Crippen LogP contribution is -2.29. The molecule has 2 rings (SSSR count). The van der Waals surface area contributed by atoms with Crippen molar-refractivity contribution < 1.29 is 4.42 Å². The van der Waals surface area contributed by atoms with E-state index in [2.05, 4.69) is 40.4 Å². The van der Waals surface area contributed by atoms with Crippen LogP contribution >= 0.6 is 15.9 Å². The van der Waals surface area contributed by atoms with Gasteiger partial charge in [-0.1, -0.05) is 34.1 Å². The van der Waals surface area contributed by atoms with E-state index in [4.69, 9.17) is 10.3 Å². The first-order chi connectivity index (χ1) is 8.22. The molecule has 0 saturated heterocycles. The smallest absolute Gasteiger partial charge is 0.0935 e. The van der Waals surface area contributed by atoms with E-state index >= 15 is 0 Å². The standard InChI is InChI=1S/C13H15BrN2O/c1-9-3-2-4-11(13(9)14)12(16-15)7-10-5-6-17-8-10/h2-6,8,12,16H,7,15H2,1H3. The lowest BCUT2D eigenvalue weighted by molar-refractivity contribution is 0.534. The van der Waals surface area contributed by atoms with Crippen molar-refractivity contribution in [3.63, 3.8) is 0 Å². The van der Waals surface area contributed by atoms with E-state index in [9.17, 15) is 0 Å². The van der Waals surface area contributed by atoms with Crippen LogP contribution in [0.5, 0.6) is 0 Å². The highest BCUT2D eigenvalue weighted by Crippen LogP contribution is 2.28. The third-order valence-corrected chi connectivity index (χ3v) is 3.90. The van der Waals surface area contributed by atoms with E-state index in [-0.39, 0.29) is 6.04 Å². The first-order valence-electron chi connectivity index (χ1n) is 5.44. The summed E-state index contributed by atoms with van der Waals surface area (Å²) in [7, 11) is 0. The SMILES string of the molecule is Cc1cccc(C(Cc2ccoc2)NN)c1Br. The number of hydrazine groups is 1. The van der Waals surface area contributed by atoms with Crippen molar-refractivity contribution in [2.24, 2.45) is 5.84 Å². The molecule has 1 heterocycles. The van der Waals surface area contributed by atoms with Crippen molar-refractivity contribution in [1.82, 2.24) is 5.43 Å². The average molecular weight is 295 g/mol. The first kappa shape index (κ1) is 12.4. The number of aryl methyl sites for hydroxylation is 1. The maximum Gasteiger partial charge on any atom is 0.0935 e. The third kappa shape index (κ3) is 2.77. The predicted molar refractivity (Wildman–Crippen MR) is 71.4 cm³/mol. The molecule has 1 unspecified atom stereocenters. The summed E-state index contributed by atoms with van der Waals surface area (Å²) in [6.07, 6.45) is 4.22. The van der Waals surface area contributed by atoms with Crippen LogP contribution in [0.3, 0.4) is 0 Å². The molecule has 0 radical (unpaired) electrons. The third-order valence-electron chi connectivity index (χ3n) is 2.82. The lowest BCUT2D eigenvalue weighted by Gasteiger charge is -2.18. The second-order valence-electron chi connectivity index (χ2n) is 4.03. The van der Waals surface area contributed by atoms with Gasteiger partial charge in [0.1, 0.15) is 0 Å². The average Bonchev–Trinajstić information content (AvgIpc) is 2.83. The molecule has 0 aliphatic heterocycles. The minimum atomic E-state index is 0.0712. The minimum Gasteiger partial charge on any atom is -0.472 e. The molecule has 0 saturated carbocycles. The molecule has 0 spiro atoms. The largest absolute Gasteiger partial charge is 0.472 e. The molecule has 90 valence electrons. The molecular weight excluding hydrogens is 280 g/mol. The van der Waals surface area contributed by atoms with Crippen LogP contribution in [-0.4, -0.2) is 0 Å². The van der Waals surface area contributed by atoms with Crippen LogP contribution in [0.15, 0.2) is 45.7 Å². The van der Waals surface area contributed by atoms with Crippen LogP contribution in [0.4, 0.5) is 0 Å². The fourth-order valence-corrected chi connectivity index (χ4v) is 2.38. The van der Waals surface area contributed by atoms with Crippen molar-refractivity contribution in [2.45, 2.75) is 19.4 Å². The molecule has 1 aromatic carbocycles. The second kappa shape index (κ2) is 5.49. The van der Waals surface area contributed by atoms with E-state index in [1.54, 1.807) is 12.5 Å². The summed E-state index contributed by atoms with van der Waals surface area (Å²) < 4.78 is 6.17. The minimum absolute atomic E-state index is 0.0712. The maximum absolute atomic E-state index is 5.64. The Labute approximate surface area is 109 Å². The molecule has 0 amide bonds. The summed E-state index contributed by atoms with van der Waals surface area (Å²) in [6.45, 7) is 2.07. The summed E-state index contributed by atoms with van der Waals surface area (Å²) in [5, 5.41) is 0. The zero-order chi connectivity index (χ0) is 12.3. The number of furan rings is 1. The van der Waals surface area contributed by atoms with Crippen LogP contribution in [0.2, 0.25) is 0 Å². The molecule has 3 N–H and O–H groups in total. The van der Waals surface area contributed by atoms with Gasteiger partial charge in [0.25, 0.3) is 0 Å². The van der Waals surface area contributed by atoms with Gasteiger partial charge in [-0.25, -0.2) is 0 Å². The molecule has 1 atom stereocenters. The molecule has 0 bridgehead atoms. The maximum atomic E-state index is 5.64. The number of halogens is 1. The van der Waals surface area contributed by atoms with Gasteiger partial charge in [-0.05, 0) is 36.1 Å². The molecule has 4 heteroatoms. The molecule has 0 aliphatic carbocycles. The molecule has 1 aromatic heterocycles. The monoisotopic (exact) mass is 294 g/mol. The normalized spacial score (nSPS) is 12.6. The van der Waals surface area contributed by atoms with Crippen LogP contribution < -0.4 is 11.3 Å². The van der Waals surface area contributed by atoms with Crippen molar-refractivity contribution in [3.05, 3.63) is 58.0 Å². The molecular formula is C13H15BrN2O. The molecule has 0 aliphatic rings. The number of benzene rings is 1. The van der Waals surface area contributed by atoms with Gasteiger partial charge in [-0.15, -0.1) is 0 Å². The zero-order valence-corrected chi connectivity index (χ0v) is 11.2. The number of hydrogen-bond acceptors (Lipinski definition) is 3. The molecule has 3 nitrogen and oxygen atoms in total. The van der Waals surface area contributed by atoms with Gasteiger partial charge in [-0.2, -0.15) is 0 Å². The summed E-state index contributed by atoms with van der Waals surface area (Å²) >= 11 is 3.61. The number of hydrogen-bond donors (Lipinski definition) is 2. The predicted octanol–water partition coefficient (Wildman–Crippen LogP) is 3.10. The number of nitrogens with two attached hydrogens (primary N) is 1. The van der Waals surface area contributed by atoms with Gasteiger partial charge in [-0.3, -0.25) is 11.3 Å². The van der Waals surface area contributed by atoms with E-state index in [0.29, 0.717) is 0 Å². The Hall–Kier alpha value is -1.10. The fraction of sp³-hybridized carbons (Fsp3) is 0.231. The summed E-state index contributed by atoms with van der Waals surface area (Å²) in [5.74, 6) is 5.64. The Morgan fingerprint density at radius 2 is 2.24 bits per heavy atom. The van der Waals surface area contributed by atoms with Crippen molar-refractivity contribution in [1.29, 1.82) is 0 Å². The van der Waals surface area contributed by atoms with E-state index in [0.717, 1.165) is 22.0 Å². The second-order valence-corrected chi connectivity index (χ2v) is 4.83. The van der Waals surface area contributed by atoms with Crippen molar-refractivity contribution >= 4 is 15.9 Å². The van der Waals surface area contributed by atoms with Crippen LogP contribution in [-0.2, 0) is 6.42 Å². The Morgan fingerprint density at radius 3 is 2.88 bits per heavy atom.